The van der Waals surface area contributed by atoms with Crippen LogP contribution in [0.5, 0.6) is 0 Å². The Morgan fingerprint density at radius 1 is 0.224 bits per heavy atom. The SMILES string of the molecule is c1ccc2c(c1)c1cc3c4ccccc4n(-c4ccc(-n5c6ccccc6c6cc7c8ccccc8n(-c8ccncc8)c7cc65)cc4)c3cc1n2-c1ccncc1. The van der Waals surface area contributed by atoms with Crippen LogP contribution in [0.3, 0.4) is 0 Å². The average molecular weight is 741 g/mol. The molecule has 0 atom stereocenters. The molecule has 7 aromatic carbocycles. The fraction of sp³-hybridized carbons (Fsp3) is 0. The van der Waals surface area contributed by atoms with E-state index in [4.69, 9.17) is 0 Å². The normalized spacial score (nSPS) is 12.1. The van der Waals surface area contributed by atoms with E-state index in [0.717, 1.165) is 22.7 Å². The number of benzene rings is 7. The van der Waals surface area contributed by atoms with Crippen LogP contribution in [0.15, 0.2) is 195 Å². The number of fused-ring (bicyclic) bond motifs is 12. The third-order valence-corrected chi connectivity index (χ3v) is 12.1. The summed E-state index contributed by atoms with van der Waals surface area (Å²) in [6.07, 6.45) is 7.47. The summed E-state index contributed by atoms with van der Waals surface area (Å²) in [5.41, 5.74) is 13.8. The minimum atomic E-state index is 1.09. The smallest absolute Gasteiger partial charge is 0.0562 e. The average Bonchev–Trinajstić information content (AvgIpc) is 4.00. The van der Waals surface area contributed by atoms with Crippen LogP contribution in [0.1, 0.15) is 0 Å². The molecule has 13 aromatic rings. The second kappa shape index (κ2) is 11.8. The van der Waals surface area contributed by atoms with Crippen molar-refractivity contribution in [1.29, 1.82) is 0 Å². The van der Waals surface area contributed by atoms with E-state index in [1.807, 2.05) is 24.8 Å². The van der Waals surface area contributed by atoms with Crippen molar-refractivity contribution in [2.75, 3.05) is 0 Å². The molecule has 6 nitrogen and oxygen atoms in total. The molecule has 270 valence electrons. The van der Waals surface area contributed by atoms with Gasteiger partial charge in [0.25, 0.3) is 0 Å². The Labute approximate surface area is 331 Å². The van der Waals surface area contributed by atoms with E-state index in [2.05, 4.69) is 198 Å². The van der Waals surface area contributed by atoms with Gasteiger partial charge in [0.15, 0.2) is 0 Å². The lowest BCUT2D eigenvalue weighted by atomic mass is 10.1. The fourth-order valence-electron chi connectivity index (χ4n) is 9.71. The van der Waals surface area contributed by atoms with Gasteiger partial charge in [0.2, 0.25) is 0 Å². The minimum absolute atomic E-state index is 1.09. The molecule has 6 heteroatoms. The zero-order chi connectivity index (χ0) is 37.9. The van der Waals surface area contributed by atoms with Crippen LogP contribution in [-0.4, -0.2) is 28.2 Å². The predicted molar refractivity (Wildman–Crippen MR) is 239 cm³/mol. The Morgan fingerprint density at radius 3 is 0.776 bits per heavy atom. The van der Waals surface area contributed by atoms with Crippen LogP contribution >= 0.6 is 0 Å². The van der Waals surface area contributed by atoms with Gasteiger partial charge >= 0.3 is 0 Å². The van der Waals surface area contributed by atoms with Gasteiger partial charge in [-0.1, -0.05) is 72.8 Å². The fourth-order valence-corrected chi connectivity index (χ4v) is 9.71. The first-order chi connectivity index (χ1) is 28.8. The van der Waals surface area contributed by atoms with E-state index >= 15 is 0 Å². The number of pyridine rings is 2. The van der Waals surface area contributed by atoms with Crippen molar-refractivity contribution in [3.63, 3.8) is 0 Å². The highest BCUT2D eigenvalue weighted by Crippen LogP contribution is 2.42. The molecular weight excluding hydrogens is 709 g/mol. The number of hydrogen-bond donors (Lipinski definition) is 0. The molecule has 58 heavy (non-hydrogen) atoms. The van der Waals surface area contributed by atoms with Gasteiger partial charge in [0.05, 0.1) is 44.1 Å². The van der Waals surface area contributed by atoms with Gasteiger partial charge in [-0.2, -0.15) is 0 Å². The Morgan fingerprint density at radius 2 is 0.483 bits per heavy atom. The minimum Gasteiger partial charge on any atom is -0.309 e. The molecule has 6 heterocycles. The zero-order valence-electron chi connectivity index (χ0n) is 31.2. The second-order valence-electron chi connectivity index (χ2n) is 15.1. The molecule has 0 radical (unpaired) electrons. The van der Waals surface area contributed by atoms with Crippen molar-refractivity contribution in [2.45, 2.75) is 0 Å². The second-order valence-corrected chi connectivity index (χ2v) is 15.1. The number of rotatable bonds is 4. The van der Waals surface area contributed by atoms with Crippen LogP contribution in [0.2, 0.25) is 0 Å². The van der Waals surface area contributed by atoms with Crippen molar-refractivity contribution < 1.29 is 0 Å². The van der Waals surface area contributed by atoms with E-state index in [1.165, 1.54) is 87.2 Å². The first kappa shape index (κ1) is 31.3. The standard InChI is InChI=1S/C52H32N6/c1-5-13-45-37(9-1)41-29-43-39-11-3-7-15-47(39)57(35-21-25-53-26-22-35)51(43)31-49(41)55(45)33-17-19-34(20-18-33)56-46-14-6-2-10-38(46)42-30-44-40-12-4-8-16-48(40)58(52(44)32-50(42)56)36-23-27-54-28-24-36/h1-32H. The summed E-state index contributed by atoms with van der Waals surface area (Å²) in [6.45, 7) is 0. The van der Waals surface area contributed by atoms with Crippen LogP contribution in [0.4, 0.5) is 0 Å². The quantitative estimate of drug-likeness (QED) is 0.180. The van der Waals surface area contributed by atoms with Crippen molar-refractivity contribution in [2.24, 2.45) is 0 Å². The van der Waals surface area contributed by atoms with Gasteiger partial charge < -0.3 is 18.3 Å². The summed E-state index contributed by atoms with van der Waals surface area (Å²) in [5, 5.41) is 9.90. The molecule has 0 unspecified atom stereocenters. The number of hydrogen-bond acceptors (Lipinski definition) is 2. The van der Waals surface area contributed by atoms with Crippen molar-refractivity contribution in [1.82, 2.24) is 28.2 Å². The molecule has 6 aromatic heterocycles. The summed E-state index contributed by atoms with van der Waals surface area (Å²) in [6, 6.07) is 61.9. The highest BCUT2D eigenvalue weighted by molar-refractivity contribution is 6.20. The molecule has 0 bridgehead atoms. The number of para-hydroxylation sites is 4. The van der Waals surface area contributed by atoms with Crippen LogP contribution in [0, 0.1) is 0 Å². The summed E-state index contributed by atoms with van der Waals surface area (Å²) in [4.78, 5) is 8.65. The van der Waals surface area contributed by atoms with Crippen LogP contribution in [-0.2, 0) is 0 Å². The molecule has 0 aliphatic rings. The van der Waals surface area contributed by atoms with Crippen LogP contribution < -0.4 is 0 Å². The number of nitrogens with zero attached hydrogens (tertiary/aromatic N) is 6. The Hall–Kier alpha value is -7.96. The number of aromatic nitrogens is 6. The monoisotopic (exact) mass is 740 g/mol. The highest BCUT2D eigenvalue weighted by atomic mass is 15.0. The van der Waals surface area contributed by atoms with Gasteiger partial charge in [0.1, 0.15) is 0 Å². The van der Waals surface area contributed by atoms with E-state index in [-0.39, 0.29) is 0 Å². The zero-order valence-corrected chi connectivity index (χ0v) is 31.2. The third-order valence-electron chi connectivity index (χ3n) is 12.1. The van der Waals surface area contributed by atoms with Gasteiger partial charge in [-0.05, 0) is 97.1 Å². The van der Waals surface area contributed by atoms with E-state index < -0.39 is 0 Å². The largest absolute Gasteiger partial charge is 0.309 e. The van der Waals surface area contributed by atoms with Gasteiger partial charge in [0, 0.05) is 90.6 Å². The summed E-state index contributed by atoms with van der Waals surface area (Å²) in [7, 11) is 0. The molecule has 0 spiro atoms. The molecule has 0 amide bonds. The predicted octanol–water partition coefficient (Wildman–Crippen LogP) is 12.9. The third kappa shape index (κ3) is 4.26. The molecule has 0 aliphatic heterocycles. The molecule has 0 fully saturated rings. The Balaban J connectivity index is 1.05. The summed E-state index contributed by atoms with van der Waals surface area (Å²) in [5.74, 6) is 0. The molecule has 0 aliphatic carbocycles. The summed E-state index contributed by atoms with van der Waals surface area (Å²) < 4.78 is 9.57. The maximum Gasteiger partial charge on any atom is 0.0562 e. The van der Waals surface area contributed by atoms with E-state index in [9.17, 15) is 0 Å². The van der Waals surface area contributed by atoms with E-state index in [0.29, 0.717) is 0 Å². The van der Waals surface area contributed by atoms with Crippen molar-refractivity contribution in [3.05, 3.63) is 195 Å². The Kier molecular flexibility index (Phi) is 6.35. The lowest BCUT2D eigenvalue weighted by Gasteiger charge is -2.13. The molecule has 0 N–H and O–H groups in total. The highest BCUT2D eigenvalue weighted by Gasteiger charge is 2.21. The maximum absolute atomic E-state index is 4.32. The lowest BCUT2D eigenvalue weighted by molar-refractivity contribution is 1.14. The first-order valence-corrected chi connectivity index (χ1v) is 19.6. The molecule has 0 saturated heterocycles. The molecule has 0 saturated carbocycles. The van der Waals surface area contributed by atoms with Gasteiger partial charge in [-0.3, -0.25) is 9.97 Å². The lowest BCUT2D eigenvalue weighted by Crippen LogP contribution is -1.98. The first-order valence-electron chi connectivity index (χ1n) is 19.6. The van der Waals surface area contributed by atoms with E-state index in [1.54, 1.807) is 0 Å². The van der Waals surface area contributed by atoms with Crippen molar-refractivity contribution in [3.8, 4) is 22.7 Å². The van der Waals surface area contributed by atoms with Crippen molar-refractivity contribution >= 4 is 87.2 Å². The maximum atomic E-state index is 4.32. The topological polar surface area (TPSA) is 45.5 Å². The molecular formula is C52H32N6. The van der Waals surface area contributed by atoms with Crippen LogP contribution in [0.25, 0.3) is 110 Å². The summed E-state index contributed by atoms with van der Waals surface area (Å²) >= 11 is 0. The Bertz CT molecular complexity index is 3520. The van der Waals surface area contributed by atoms with Gasteiger partial charge in [-0.15, -0.1) is 0 Å². The van der Waals surface area contributed by atoms with Gasteiger partial charge in [-0.25, -0.2) is 0 Å². The molecule has 13 rings (SSSR count).